The molecule has 2 aromatic rings. The van der Waals surface area contributed by atoms with Gasteiger partial charge in [0.15, 0.2) is 6.10 Å². The maximum absolute atomic E-state index is 12.2. The minimum absolute atomic E-state index is 0.137. The molecule has 4 nitrogen and oxygen atoms in total. The van der Waals surface area contributed by atoms with Gasteiger partial charge in [-0.25, -0.2) is 0 Å². The summed E-state index contributed by atoms with van der Waals surface area (Å²) in [7, 11) is 0. The Hall–Kier alpha value is -2.20. The first kappa shape index (κ1) is 18.1. The first-order valence-electron chi connectivity index (χ1n) is 7.86. The topological polar surface area (TPSA) is 47.6 Å². The normalized spacial score (nSPS) is 13.0. The average Bonchev–Trinajstić information content (AvgIpc) is 2.54. The molecule has 0 aromatic heterocycles. The number of carbonyl (C=O) groups is 1. The third-order valence-corrected chi connectivity index (χ3v) is 3.68. The Kier molecular flexibility index (Phi) is 6.50. The van der Waals surface area contributed by atoms with E-state index in [-0.39, 0.29) is 11.9 Å². The van der Waals surface area contributed by atoms with Crippen LogP contribution in [-0.2, 0) is 4.79 Å². The Labute approximate surface area is 147 Å². The van der Waals surface area contributed by atoms with Gasteiger partial charge in [-0.1, -0.05) is 35.9 Å². The van der Waals surface area contributed by atoms with Gasteiger partial charge in [0.05, 0.1) is 6.04 Å². The average molecular weight is 348 g/mol. The van der Waals surface area contributed by atoms with Gasteiger partial charge in [-0.05, 0) is 50.6 Å². The largest absolute Gasteiger partial charge is 0.491 e. The number of rotatable bonds is 7. The molecule has 0 heterocycles. The number of aryl methyl sites for hydroxylation is 1. The molecule has 2 atom stereocenters. The maximum Gasteiger partial charge on any atom is 0.261 e. The van der Waals surface area contributed by atoms with Crippen LogP contribution in [0.15, 0.2) is 48.5 Å². The van der Waals surface area contributed by atoms with Gasteiger partial charge in [-0.2, -0.15) is 0 Å². The van der Waals surface area contributed by atoms with Gasteiger partial charge < -0.3 is 14.8 Å². The van der Waals surface area contributed by atoms with Gasteiger partial charge in [0.1, 0.15) is 18.1 Å². The minimum atomic E-state index is -0.621. The van der Waals surface area contributed by atoms with Crippen molar-refractivity contribution in [2.45, 2.75) is 32.9 Å². The molecule has 24 heavy (non-hydrogen) atoms. The fourth-order valence-corrected chi connectivity index (χ4v) is 2.31. The van der Waals surface area contributed by atoms with E-state index in [9.17, 15) is 4.79 Å². The number of amides is 1. The third-order valence-electron chi connectivity index (χ3n) is 3.45. The van der Waals surface area contributed by atoms with Crippen LogP contribution in [0, 0.1) is 6.92 Å². The summed E-state index contributed by atoms with van der Waals surface area (Å²) in [4.78, 5) is 12.2. The quantitative estimate of drug-likeness (QED) is 0.823. The summed E-state index contributed by atoms with van der Waals surface area (Å²) in [6, 6.07) is 14.6. The van der Waals surface area contributed by atoms with E-state index >= 15 is 0 Å². The number of benzene rings is 2. The lowest BCUT2D eigenvalue weighted by Crippen LogP contribution is -2.43. The van der Waals surface area contributed by atoms with Crippen LogP contribution < -0.4 is 14.8 Å². The molecule has 1 amide bonds. The molecule has 1 N–H and O–H groups in total. The smallest absolute Gasteiger partial charge is 0.261 e. The zero-order valence-electron chi connectivity index (χ0n) is 14.1. The number of carbonyl (C=O) groups excluding carboxylic acids is 1. The predicted molar refractivity (Wildman–Crippen MR) is 95.8 cm³/mol. The maximum atomic E-state index is 12.2. The van der Waals surface area contributed by atoms with Crippen molar-refractivity contribution in [2.75, 3.05) is 6.61 Å². The number of para-hydroxylation sites is 1. The summed E-state index contributed by atoms with van der Waals surface area (Å²) < 4.78 is 11.3. The van der Waals surface area contributed by atoms with Crippen molar-refractivity contribution in [3.8, 4) is 11.5 Å². The van der Waals surface area contributed by atoms with Crippen LogP contribution >= 0.6 is 11.6 Å². The molecule has 5 heteroatoms. The Morgan fingerprint density at radius 1 is 1.17 bits per heavy atom. The van der Waals surface area contributed by atoms with Crippen molar-refractivity contribution in [3.05, 3.63) is 59.1 Å². The monoisotopic (exact) mass is 347 g/mol. The molecule has 2 aromatic carbocycles. The highest BCUT2D eigenvalue weighted by atomic mass is 35.5. The Morgan fingerprint density at radius 3 is 2.62 bits per heavy atom. The van der Waals surface area contributed by atoms with Gasteiger partial charge in [0, 0.05) is 5.02 Å². The van der Waals surface area contributed by atoms with Crippen molar-refractivity contribution >= 4 is 17.5 Å². The molecular formula is C19H22ClNO3. The first-order valence-corrected chi connectivity index (χ1v) is 8.24. The van der Waals surface area contributed by atoms with Gasteiger partial charge in [0.25, 0.3) is 5.91 Å². The van der Waals surface area contributed by atoms with Crippen molar-refractivity contribution in [3.63, 3.8) is 0 Å². The van der Waals surface area contributed by atoms with E-state index < -0.39 is 6.10 Å². The minimum Gasteiger partial charge on any atom is -0.491 e. The fourth-order valence-electron chi connectivity index (χ4n) is 2.13. The van der Waals surface area contributed by atoms with Gasteiger partial charge in [-0.15, -0.1) is 0 Å². The summed E-state index contributed by atoms with van der Waals surface area (Å²) in [5.41, 5.74) is 1.06. The van der Waals surface area contributed by atoms with E-state index in [2.05, 4.69) is 5.32 Å². The van der Waals surface area contributed by atoms with Crippen LogP contribution in [0.4, 0.5) is 0 Å². The number of hydrogen-bond acceptors (Lipinski definition) is 3. The van der Waals surface area contributed by atoms with E-state index in [1.807, 2.05) is 38.1 Å². The predicted octanol–water partition coefficient (Wildman–Crippen LogP) is 4.00. The highest BCUT2D eigenvalue weighted by Gasteiger charge is 2.17. The first-order chi connectivity index (χ1) is 11.5. The molecule has 0 radical (unpaired) electrons. The Bertz CT molecular complexity index is 690. The lowest BCUT2D eigenvalue weighted by Gasteiger charge is -2.19. The molecule has 0 saturated carbocycles. The summed E-state index contributed by atoms with van der Waals surface area (Å²) in [6.07, 6.45) is -0.621. The van der Waals surface area contributed by atoms with Crippen molar-refractivity contribution in [1.82, 2.24) is 5.32 Å². The number of halogens is 1. The van der Waals surface area contributed by atoms with Crippen LogP contribution in [0.5, 0.6) is 11.5 Å². The second-order valence-corrected chi connectivity index (χ2v) is 6.14. The zero-order valence-corrected chi connectivity index (χ0v) is 14.8. The molecule has 0 aliphatic carbocycles. The van der Waals surface area contributed by atoms with Crippen molar-refractivity contribution < 1.29 is 14.3 Å². The second-order valence-electron chi connectivity index (χ2n) is 5.70. The molecule has 0 spiro atoms. The summed E-state index contributed by atoms with van der Waals surface area (Å²) in [6.45, 7) is 5.97. The molecule has 0 aliphatic heterocycles. The molecule has 0 bridgehead atoms. The van der Waals surface area contributed by atoms with E-state index in [0.717, 1.165) is 11.3 Å². The third kappa shape index (κ3) is 5.46. The van der Waals surface area contributed by atoms with E-state index in [1.54, 1.807) is 31.2 Å². The summed E-state index contributed by atoms with van der Waals surface area (Å²) >= 11 is 5.91. The van der Waals surface area contributed by atoms with Crippen LogP contribution in [0.25, 0.3) is 0 Å². The van der Waals surface area contributed by atoms with Crippen LogP contribution in [0.1, 0.15) is 19.4 Å². The molecule has 2 rings (SSSR count). The molecular weight excluding hydrogens is 326 g/mol. The zero-order chi connectivity index (χ0) is 17.5. The summed E-state index contributed by atoms with van der Waals surface area (Å²) in [5, 5.41) is 3.45. The second kappa shape index (κ2) is 8.60. The van der Waals surface area contributed by atoms with Crippen LogP contribution in [0.3, 0.4) is 0 Å². The number of ether oxygens (including phenoxy) is 2. The lowest BCUT2D eigenvalue weighted by molar-refractivity contribution is -0.128. The molecule has 0 saturated heterocycles. The van der Waals surface area contributed by atoms with E-state index in [1.165, 1.54) is 0 Å². The van der Waals surface area contributed by atoms with E-state index in [4.69, 9.17) is 21.1 Å². The highest BCUT2D eigenvalue weighted by molar-refractivity contribution is 6.30. The SMILES string of the molecule is Cc1ccccc1OC[C@H](C)NC(=O)[C@@H](C)Oc1cccc(Cl)c1. The number of nitrogens with one attached hydrogen (secondary N) is 1. The lowest BCUT2D eigenvalue weighted by atomic mass is 10.2. The van der Waals surface area contributed by atoms with E-state index in [0.29, 0.717) is 17.4 Å². The van der Waals surface area contributed by atoms with Crippen molar-refractivity contribution in [2.24, 2.45) is 0 Å². The van der Waals surface area contributed by atoms with Crippen molar-refractivity contribution in [1.29, 1.82) is 0 Å². The molecule has 0 aliphatic rings. The van der Waals surface area contributed by atoms with Crippen LogP contribution in [-0.4, -0.2) is 24.7 Å². The van der Waals surface area contributed by atoms with Gasteiger partial charge in [0.2, 0.25) is 0 Å². The van der Waals surface area contributed by atoms with Gasteiger partial charge >= 0.3 is 0 Å². The molecule has 0 fully saturated rings. The highest BCUT2D eigenvalue weighted by Crippen LogP contribution is 2.18. The fraction of sp³-hybridized carbons (Fsp3) is 0.316. The Balaban J connectivity index is 1.81. The number of hydrogen-bond donors (Lipinski definition) is 1. The standard InChI is InChI=1S/C19H22ClNO3/c1-13-7-4-5-10-18(13)23-12-14(2)21-19(22)15(3)24-17-9-6-8-16(20)11-17/h4-11,14-15H,12H2,1-3H3,(H,21,22)/t14-,15+/m0/s1. The summed E-state index contributed by atoms with van der Waals surface area (Å²) in [5.74, 6) is 1.19. The molecule has 128 valence electrons. The van der Waals surface area contributed by atoms with Crippen LogP contribution in [0.2, 0.25) is 5.02 Å². The Morgan fingerprint density at radius 2 is 1.92 bits per heavy atom. The molecule has 0 unspecified atom stereocenters. The van der Waals surface area contributed by atoms with Gasteiger partial charge in [-0.3, -0.25) is 4.79 Å².